The molecule has 7 heteroatoms. The number of fused-ring (bicyclic) bond motifs is 1. The van der Waals surface area contributed by atoms with Gasteiger partial charge in [0.05, 0.1) is 0 Å². The molecule has 0 unspecified atom stereocenters. The van der Waals surface area contributed by atoms with Crippen LogP contribution in [0, 0.1) is 0 Å². The molecule has 0 radical (unpaired) electrons. The van der Waals surface area contributed by atoms with E-state index in [-0.39, 0.29) is 11.8 Å². The molecule has 1 aliphatic rings. The third-order valence-electron chi connectivity index (χ3n) is 3.56. The van der Waals surface area contributed by atoms with Gasteiger partial charge in [0.1, 0.15) is 12.4 Å². The van der Waals surface area contributed by atoms with Crippen LogP contribution in [0.1, 0.15) is 12.5 Å². The summed E-state index contributed by atoms with van der Waals surface area (Å²) in [7, 11) is 1.69. The van der Waals surface area contributed by atoms with Crippen LogP contribution in [0.25, 0.3) is 0 Å². The van der Waals surface area contributed by atoms with E-state index >= 15 is 0 Å². The number of aryl methyl sites for hydroxylation is 1. The van der Waals surface area contributed by atoms with Crippen LogP contribution in [-0.2, 0) is 23.1 Å². The number of nitrogens with zero attached hydrogens (tertiary/aromatic N) is 4. The number of hydrogen-bond donors (Lipinski definition) is 1. The fraction of sp³-hybridized carbons (Fsp3) is 0.286. The monoisotopic (exact) mass is 285 g/mol. The van der Waals surface area contributed by atoms with Gasteiger partial charge in [-0.25, -0.2) is 4.68 Å². The highest BCUT2D eigenvalue weighted by atomic mass is 16.2. The van der Waals surface area contributed by atoms with Gasteiger partial charge in [0, 0.05) is 26.1 Å². The first-order valence-electron chi connectivity index (χ1n) is 6.60. The van der Waals surface area contributed by atoms with E-state index in [1.54, 1.807) is 7.05 Å². The Bertz CT molecular complexity index is 709. The number of carbonyl (C=O) groups is 2. The van der Waals surface area contributed by atoms with Crippen LogP contribution < -0.4 is 10.2 Å². The molecule has 21 heavy (non-hydrogen) atoms. The number of anilines is 2. The minimum atomic E-state index is -0.559. The van der Waals surface area contributed by atoms with E-state index < -0.39 is 6.04 Å². The van der Waals surface area contributed by atoms with Crippen LogP contribution in [0.3, 0.4) is 0 Å². The summed E-state index contributed by atoms with van der Waals surface area (Å²) in [5.74, 6) is -0.0602. The Kier molecular flexibility index (Phi) is 3.17. The summed E-state index contributed by atoms with van der Waals surface area (Å²) in [6.07, 6.45) is 1.86. The number of carbonyl (C=O) groups excluding carboxylic acids is 2. The van der Waals surface area contributed by atoms with Gasteiger partial charge in [0.15, 0.2) is 0 Å². The molecule has 0 saturated heterocycles. The van der Waals surface area contributed by atoms with Crippen LogP contribution in [0.2, 0.25) is 0 Å². The summed E-state index contributed by atoms with van der Waals surface area (Å²) in [6, 6.07) is 6.99. The number of hydrogen-bond acceptors (Lipinski definition) is 4. The highest BCUT2D eigenvalue weighted by Crippen LogP contribution is 2.32. The zero-order valence-electron chi connectivity index (χ0n) is 11.8. The first-order valence-corrected chi connectivity index (χ1v) is 6.60. The quantitative estimate of drug-likeness (QED) is 0.882. The molecule has 0 fully saturated rings. The van der Waals surface area contributed by atoms with E-state index in [1.165, 1.54) is 22.8 Å². The van der Waals surface area contributed by atoms with Gasteiger partial charge in [-0.15, -0.1) is 0 Å². The lowest BCUT2D eigenvalue weighted by atomic mass is 10.1. The summed E-state index contributed by atoms with van der Waals surface area (Å²) >= 11 is 0. The van der Waals surface area contributed by atoms with Crippen LogP contribution in [0.15, 0.2) is 30.6 Å². The second kappa shape index (κ2) is 5.01. The predicted octanol–water partition coefficient (Wildman–Crippen LogP) is 0.731. The molecule has 2 aromatic rings. The molecule has 1 aromatic carbocycles. The number of nitrogens with one attached hydrogen (secondary N) is 1. The topological polar surface area (TPSA) is 80.1 Å². The lowest BCUT2D eigenvalue weighted by Crippen LogP contribution is -2.44. The van der Waals surface area contributed by atoms with Crippen molar-refractivity contribution in [1.82, 2.24) is 14.8 Å². The molecule has 2 amide bonds. The highest BCUT2D eigenvalue weighted by molar-refractivity contribution is 6.06. The molecular formula is C14H15N5O2. The molecule has 0 saturated carbocycles. The summed E-state index contributed by atoms with van der Waals surface area (Å²) in [5.41, 5.74) is 1.79. The zero-order chi connectivity index (χ0) is 15.0. The minimum absolute atomic E-state index is 0.155. The lowest BCUT2D eigenvalue weighted by molar-refractivity contribution is -0.122. The second-order valence-corrected chi connectivity index (χ2v) is 4.93. The van der Waals surface area contributed by atoms with Crippen LogP contribution in [0.4, 0.5) is 11.6 Å². The molecule has 3 rings (SSSR count). The Morgan fingerprint density at radius 2 is 2.10 bits per heavy atom. The van der Waals surface area contributed by atoms with Crippen molar-refractivity contribution in [2.45, 2.75) is 19.4 Å². The van der Waals surface area contributed by atoms with Gasteiger partial charge < -0.3 is 0 Å². The molecule has 7 nitrogen and oxygen atoms in total. The fourth-order valence-corrected chi connectivity index (χ4v) is 2.59. The van der Waals surface area contributed by atoms with Gasteiger partial charge in [0.2, 0.25) is 17.8 Å². The van der Waals surface area contributed by atoms with Gasteiger partial charge in [-0.2, -0.15) is 10.1 Å². The number of aromatic nitrogens is 3. The van der Waals surface area contributed by atoms with E-state index in [4.69, 9.17) is 0 Å². The SMILES string of the molecule is CC(=O)N1c2ccccc2C[C@H]1C(=O)Nc1ncnn1C. The van der Waals surface area contributed by atoms with E-state index in [1.807, 2.05) is 24.3 Å². The normalized spacial score (nSPS) is 16.7. The Labute approximate surface area is 121 Å². The summed E-state index contributed by atoms with van der Waals surface area (Å²) in [5, 5.41) is 6.61. The largest absolute Gasteiger partial charge is 0.300 e. The van der Waals surface area contributed by atoms with Crippen LogP contribution in [-0.4, -0.2) is 32.6 Å². The van der Waals surface area contributed by atoms with Crippen molar-refractivity contribution in [3.63, 3.8) is 0 Å². The molecule has 0 bridgehead atoms. The van der Waals surface area contributed by atoms with Crippen molar-refractivity contribution in [3.8, 4) is 0 Å². The summed E-state index contributed by atoms with van der Waals surface area (Å²) in [4.78, 5) is 29.9. The van der Waals surface area contributed by atoms with Crippen molar-refractivity contribution in [1.29, 1.82) is 0 Å². The Hall–Kier alpha value is -2.70. The van der Waals surface area contributed by atoms with Gasteiger partial charge in [0.25, 0.3) is 0 Å². The van der Waals surface area contributed by atoms with Crippen LogP contribution in [0.5, 0.6) is 0 Å². The summed E-state index contributed by atoms with van der Waals surface area (Å²) < 4.78 is 1.47. The molecule has 1 N–H and O–H groups in total. The van der Waals surface area contributed by atoms with Crippen molar-refractivity contribution in [2.24, 2.45) is 7.05 Å². The smallest absolute Gasteiger partial charge is 0.250 e. The molecule has 2 heterocycles. The van der Waals surface area contributed by atoms with Gasteiger partial charge in [-0.1, -0.05) is 18.2 Å². The number of para-hydroxylation sites is 1. The highest BCUT2D eigenvalue weighted by Gasteiger charge is 2.37. The van der Waals surface area contributed by atoms with Gasteiger partial charge in [-0.05, 0) is 11.6 Å². The third-order valence-corrected chi connectivity index (χ3v) is 3.56. The first kappa shape index (κ1) is 13.3. The third kappa shape index (κ3) is 2.26. The van der Waals surface area contributed by atoms with E-state index in [9.17, 15) is 9.59 Å². The molecule has 1 atom stereocenters. The lowest BCUT2D eigenvalue weighted by Gasteiger charge is -2.23. The Morgan fingerprint density at radius 1 is 1.33 bits per heavy atom. The fourth-order valence-electron chi connectivity index (χ4n) is 2.59. The number of rotatable bonds is 2. The van der Waals surface area contributed by atoms with Gasteiger partial charge >= 0.3 is 0 Å². The Balaban J connectivity index is 1.87. The number of benzene rings is 1. The van der Waals surface area contributed by atoms with Crippen LogP contribution >= 0.6 is 0 Å². The Morgan fingerprint density at radius 3 is 2.76 bits per heavy atom. The first-order chi connectivity index (χ1) is 10.1. The van der Waals surface area contributed by atoms with Gasteiger partial charge in [-0.3, -0.25) is 19.8 Å². The molecule has 0 aliphatic carbocycles. The molecule has 1 aliphatic heterocycles. The molecule has 0 spiro atoms. The van der Waals surface area contributed by atoms with Crippen molar-refractivity contribution >= 4 is 23.5 Å². The van der Waals surface area contributed by atoms with Crippen molar-refractivity contribution in [3.05, 3.63) is 36.2 Å². The van der Waals surface area contributed by atoms with E-state index in [2.05, 4.69) is 15.4 Å². The standard InChI is InChI=1S/C14H15N5O2/c1-9(20)19-11-6-4-3-5-10(11)7-12(19)13(21)17-14-15-8-16-18(14)2/h3-6,8,12H,7H2,1-2H3,(H,15,16,17,21)/t12-/m0/s1. The predicted molar refractivity (Wildman–Crippen MR) is 76.7 cm³/mol. The molecule has 108 valence electrons. The maximum absolute atomic E-state index is 12.5. The van der Waals surface area contributed by atoms with E-state index in [0.717, 1.165) is 11.3 Å². The molecule has 1 aromatic heterocycles. The minimum Gasteiger partial charge on any atom is -0.300 e. The maximum atomic E-state index is 12.5. The molecular weight excluding hydrogens is 270 g/mol. The maximum Gasteiger partial charge on any atom is 0.250 e. The average Bonchev–Trinajstić information content (AvgIpc) is 3.02. The van der Waals surface area contributed by atoms with E-state index in [0.29, 0.717) is 12.4 Å². The number of amides is 2. The second-order valence-electron chi connectivity index (χ2n) is 4.93. The zero-order valence-corrected chi connectivity index (χ0v) is 11.8. The van der Waals surface area contributed by atoms with Crippen molar-refractivity contribution in [2.75, 3.05) is 10.2 Å². The van der Waals surface area contributed by atoms with Crippen molar-refractivity contribution < 1.29 is 9.59 Å². The average molecular weight is 285 g/mol. The summed E-state index contributed by atoms with van der Waals surface area (Å²) in [6.45, 7) is 1.46.